The van der Waals surface area contributed by atoms with Crippen LogP contribution in [0.25, 0.3) is 0 Å². The molecule has 3 N–H and O–H groups in total. The lowest BCUT2D eigenvalue weighted by molar-refractivity contribution is -0.301. The van der Waals surface area contributed by atoms with Gasteiger partial charge in [0.1, 0.15) is 18.8 Å². The zero-order valence-electron chi connectivity index (χ0n) is 50.1. The third kappa shape index (κ3) is 44.5. The molecule has 0 radical (unpaired) electrons. The number of allylic oxidation sites excluding steroid dienone is 12. The zero-order chi connectivity index (χ0) is 57.5. The van der Waals surface area contributed by atoms with Gasteiger partial charge in [-0.25, -0.2) is 4.79 Å². The maximum atomic E-state index is 13.2. The molecule has 79 heavy (non-hydrogen) atoms. The van der Waals surface area contributed by atoms with E-state index in [2.05, 4.69) is 87.6 Å². The summed E-state index contributed by atoms with van der Waals surface area (Å²) in [5, 5.41) is 31.6. The number of ether oxygens (including phenoxy) is 5. The summed E-state index contributed by atoms with van der Waals surface area (Å²) in [5.41, 5.74) is 0. The van der Waals surface area contributed by atoms with Gasteiger partial charge in [-0.2, -0.15) is 0 Å². The molecule has 6 atom stereocenters. The fraction of sp³-hybridized carbons (Fsp3) is 0.761. The van der Waals surface area contributed by atoms with Crippen molar-refractivity contribution in [3.05, 3.63) is 72.9 Å². The standard InChI is InChI=1S/C67H114O12/c1-4-7-10-13-16-19-22-25-28-30-33-35-38-41-44-47-50-53-59(68)75-56-58(77-60(69)54-51-48-45-42-39-36-32-27-24-21-18-15-12-9-6-3)57-76-67-65(63(72)62(71)64(79-67)66(73)74)78-61(70)55-52-49-46-43-40-37-34-31-29-26-23-20-17-14-11-8-5-2/h7,10,16,19,25-26,28-29,33,35,41,44,58,62-65,67,71-72H,4-6,8-9,11-15,17-18,20-24,27,30-32,34,36-40,42-43,45-57H2,1-3H3,(H,73,74)/b10-7-,19-16-,28-25-,29-26-,35-33-,44-41-. The van der Waals surface area contributed by atoms with E-state index in [0.717, 1.165) is 83.5 Å². The number of aliphatic carboxylic acids is 1. The lowest BCUT2D eigenvalue weighted by Crippen LogP contribution is -2.61. The van der Waals surface area contributed by atoms with Crippen LogP contribution < -0.4 is 0 Å². The van der Waals surface area contributed by atoms with E-state index in [1.165, 1.54) is 128 Å². The third-order valence-electron chi connectivity index (χ3n) is 14.3. The van der Waals surface area contributed by atoms with Crippen LogP contribution in [0.3, 0.4) is 0 Å². The van der Waals surface area contributed by atoms with E-state index in [9.17, 15) is 34.5 Å². The van der Waals surface area contributed by atoms with Gasteiger partial charge < -0.3 is 39.0 Å². The number of hydrogen-bond acceptors (Lipinski definition) is 11. The van der Waals surface area contributed by atoms with Crippen molar-refractivity contribution in [3.63, 3.8) is 0 Å². The summed E-state index contributed by atoms with van der Waals surface area (Å²) >= 11 is 0. The highest BCUT2D eigenvalue weighted by molar-refractivity contribution is 5.74. The van der Waals surface area contributed by atoms with Crippen molar-refractivity contribution < 1.29 is 58.2 Å². The van der Waals surface area contributed by atoms with Crippen LogP contribution in [0.15, 0.2) is 72.9 Å². The highest BCUT2D eigenvalue weighted by atomic mass is 16.7. The third-order valence-corrected chi connectivity index (χ3v) is 14.3. The normalized spacial score (nSPS) is 18.3. The Kier molecular flexibility index (Phi) is 50.7. The second kappa shape index (κ2) is 54.7. The maximum Gasteiger partial charge on any atom is 0.335 e. The number of carboxylic acids is 1. The van der Waals surface area contributed by atoms with E-state index >= 15 is 0 Å². The molecule has 0 amide bonds. The van der Waals surface area contributed by atoms with Crippen LogP contribution in [0.1, 0.15) is 278 Å². The number of carbonyl (C=O) groups excluding carboxylic acids is 3. The highest BCUT2D eigenvalue weighted by Gasteiger charge is 2.50. The monoisotopic (exact) mass is 1110 g/mol. The number of hydrogen-bond donors (Lipinski definition) is 3. The molecule has 6 unspecified atom stereocenters. The Morgan fingerprint density at radius 1 is 0.430 bits per heavy atom. The molecule has 0 aromatic rings. The quantitative estimate of drug-likeness (QED) is 0.0228. The summed E-state index contributed by atoms with van der Waals surface area (Å²) in [5.74, 6) is -3.19. The van der Waals surface area contributed by atoms with Gasteiger partial charge in [-0.05, 0) is 83.5 Å². The van der Waals surface area contributed by atoms with Gasteiger partial charge in [-0.15, -0.1) is 0 Å². The molecule has 0 saturated carbocycles. The predicted octanol–water partition coefficient (Wildman–Crippen LogP) is 16.9. The number of carboxylic acid groups (broad SMARTS) is 1. The molecule has 12 heteroatoms. The van der Waals surface area contributed by atoms with Crippen LogP contribution in [0.4, 0.5) is 0 Å². The van der Waals surface area contributed by atoms with Crippen LogP contribution in [0, 0.1) is 0 Å². The van der Waals surface area contributed by atoms with Crippen molar-refractivity contribution in [2.45, 2.75) is 314 Å². The first kappa shape index (κ1) is 73.2. The molecule has 1 saturated heterocycles. The second-order valence-corrected chi connectivity index (χ2v) is 21.7. The number of carbonyl (C=O) groups is 4. The first-order valence-electron chi connectivity index (χ1n) is 31.9. The molecule has 0 aromatic heterocycles. The van der Waals surface area contributed by atoms with E-state index in [4.69, 9.17) is 23.7 Å². The molecule has 0 aromatic carbocycles. The van der Waals surface area contributed by atoms with Crippen molar-refractivity contribution in [2.24, 2.45) is 0 Å². The minimum atomic E-state index is -1.91. The Labute approximate surface area is 480 Å². The topological polar surface area (TPSA) is 175 Å². The van der Waals surface area contributed by atoms with Gasteiger partial charge in [0, 0.05) is 19.3 Å². The Morgan fingerprint density at radius 2 is 0.810 bits per heavy atom. The summed E-state index contributed by atoms with van der Waals surface area (Å²) in [4.78, 5) is 51.3. The summed E-state index contributed by atoms with van der Waals surface area (Å²) < 4.78 is 28.5. The summed E-state index contributed by atoms with van der Waals surface area (Å²) in [6.07, 6.45) is 57.2. The van der Waals surface area contributed by atoms with Gasteiger partial charge in [-0.1, -0.05) is 248 Å². The molecule has 1 heterocycles. The van der Waals surface area contributed by atoms with E-state index < -0.39 is 67.3 Å². The molecule has 12 nitrogen and oxygen atoms in total. The Bertz CT molecular complexity index is 1650. The molecule has 1 fully saturated rings. The predicted molar refractivity (Wildman–Crippen MR) is 322 cm³/mol. The number of rotatable bonds is 54. The smallest absolute Gasteiger partial charge is 0.335 e. The Hall–Kier alpha value is -3.84. The largest absolute Gasteiger partial charge is 0.479 e. The van der Waals surface area contributed by atoms with Crippen LogP contribution in [-0.2, 0) is 42.9 Å². The first-order valence-corrected chi connectivity index (χ1v) is 31.9. The molecule has 0 aliphatic carbocycles. The van der Waals surface area contributed by atoms with Gasteiger partial charge in [0.05, 0.1) is 6.61 Å². The van der Waals surface area contributed by atoms with Gasteiger partial charge in [0.25, 0.3) is 0 Å². The van der Waals surface area contributed by atoms with Gasteiger partial charge in [-0.3, -0.25) is 14.4 Å². The number of esters is 3. The molecule has 1 aliphatic rings. The molecule has 0 spiro atoms. The van der Waals surface area contributed by atoms with Gasteiger partial charge >= 0.3 is 23.9 Å². The molecule has 454 valence electrons. The molecule has 1 aliphatic heterocycles. The van der Waals surface area contributed by atoms with Crippen molar-refractivity contribution in [1.29, 1.82) is 0 Å². The van der Waals surface area contributed by atoms with Crippen molar-refractivity contribution in [1.82, 2.24) is 0 Å². The van der Waals surface area contributed by atoms with Gasteiger partial charge in [0.2, 0.25) is 0 Å². The van der Waals surface area contributed by atoms with E-state index in [1.54, 1.807) is 0 Å². The maximum absolute atomic E-state index is 13.2. The summed E-state index contributed by atoms with van der Waals surface area (Å²) in [6, 6.07) is 0. The van der Waals surface area contributed by atoms with Crippen molar-refractivity contribution in [2.75, 3.05) is 13.2 Å². The highest BCUT2D eigenvalue weighted by Crippen LogP contribution is 2.27. The Balaban J connectivity index is 2.70. The lowest BCUT2D eigenvalue weighted by Gasteiger charge is -2.40. The molecule has 1 rings (SSSR count). The fourth-order valence-corrected chi connectivity index (χ4v) is 9.40. The van der Waals surface area contributed by atoms with Crippen LogP contribution >= 0.6 is 0 Å². The second-order valence-electron chi connectivity index (χ2n) is 21.7. The summed E-state index contributed by atoms with van der Waals surface area (Å²) in [7, 11) is 0. The fourth-order valence-electron chi connectivity index (χ4n) is 9.40. The van der Waals surface area contributed by atoms with Crippen LogP contribution in [-0.4, -0.2) is 89.2 Å². The zero-order valence-corrected chi connectivity index (χ0v) is 50.1. The molecular formula is C67H114O12. The van der Waals surface area contributed by atoms with Crippen molar-refractivity contribution >= 4 is 23.9 Å². The summed E-state index contributed by atoms with van der Waals surface area (Å²) in [6.45, 7) is 5.85. The lowest BCUT2D eigenvalue weighted by atomic mass is 9.98. The molecule has 0 bridgehead atoms. The number of aliphatic hydroxyl groups is 2. The average Bonchev–Trinajstić information content (AvgIpc) is 3.47. The van der Waals surface area contributed by atoms with E-state index in [0.29, 0.717) is 25.7 Å². The van der Waals surface area contributed by atoms with E-state index in [1.807, 2.05) is 6.08 Å². The van der Waals surface area contributed by atoms with Gasteiger partial charge in [0.15, 0.2) is 24.6 Å². The minimum absolute atomic E-state index is 0.0500. The number of aliphatic hydroxyl groups excluding tert-OH is 2. The Morgan fingerprint density at radius 3 is 1.27 bits per heavy atom. The minimum Gasteiger partial charge on any atom is -0.479 e. The molecular weight excluding hydrogens is 997 g/mol. The SMILES string of the molecule is CC/C=C\C/C=C\C/C=C\C/C=C\C/C=C\CCCC(=O)OCC(COC1OC(C(=O)O)C(O)C(O)C1OC(=O)CCCCCCCCC/C=C\CCCCCCCC)OC(=O)CCCCCCCCCCCCCCCCC. The average molecular weight is 1110 g/mol. The van der Waals surface area contributed by atoms with Crippen molar-refractivity contribution in [3.8, 4) is 0 Å². The number of unbranched alkanes of at least 4 members (excludes halogenated alkanes) is 28. The van der Waals surface area contributed by atoms with E-state index in [-0.39, 0.29) is 25.9 Å². The van der Waals surface area contributed by atoms with Crippen LogP contribution in [0.2, 0.25) is 0 Å². The van der Waals surface area contributed by atoms with Crippen LogP contribution in [0.5, 0.6) is 0 Å². The first-order chi connectivity index (χ1) is 38.6.